The highest BCUT2D eigenvalue weighted by atomic mass is 15.5. The SMILES string of the molecule is CC.CCN1CCC(c2ccccc2)(c2nn[nH]n2)C(C)C1. The van der Waals surface area contributed by atoms with Crippen LogP contribution in [0.25, 0.3) is 0 Å². The van der Waals surface area contributed by atoms with Crippen molar-refractivity contribution in [2.75, 3.05) is 19.6 Å². The molecule has 0 aliphatic carbocycles. The Hall–Kier alpha value is -1.75. The van der Waals surface area contributed by atoms with E-state index >= 15 is 0 Å². The summed E-state index contributed by atoms with van der Waals surface area (Å²) in [5.41, 5.74) is 1.17. The molecule has 1 aliphatic heterocycles. The predicted molar refractivity (Wildman–Crippen MR) is 88.6 cm³/mol. The zero-order valence-corrected chi connectivity index (χ0v) is 14.1. The van der Waals surface area contributed by atoms with Crippen molar-refractivity contribution in [1.82, 2.24) is 25.5 Å². The van der Waals surface area contributed by atoms with Crippen molar-refractivity contribution in [2.45, 2.75) is 39.5 Å². The number of benzene rings is 1. The molecule has 1 N–H and O–H groups in total. The summed E-state index contributed by atoms with van der Waals surface area (Å²) >= 11 is 0. The molecule has 5 nitrogen and oxygen atoms in total. The van der Waals surface area contributed by atoms with Crippen LogP contribution < -0.4 is 0 Å². The molecule has 0 saturated carbocycles. The molecule has 2 aromatic rings. The largest absolute Gasteiger partial charge is 0.303 e. The van der Waals surface area contributed by atoms with Gasteiger partial charge in [0.25, 0.3) is 0 Å². The van der Waals surface area contributed by atoms with Crippen molar-refractivity contribution in [3.63, 3.8) is 0 Å². The number of nitrogens with one attached hydrogen (secondary N) is 1. The molecular weight excluding hydrogens is 274 g/mol. The molecule has 22 heavy (non-hydrogen) atoms. The number of aromatic amines is 1. The molecule has 2 atom stereocenters. The number of hydrogen-bond acceptors (Lipinski definition) is 4. The Labute approximate surface area is 133 Å². The van der Waals surface area contributed by atoms with Gasteiger partial charge in [-0.05, 0) is 31.0 Å². The third-order valence-corrected chi connectivity index (χ3v) is 4.68. The predicted octanol–water partition coefficient (Wildman–Crippen LogP) is 2.87. The van der Waals surface area contributed by atoms with Crippen molar-refractivity contribution >= 4 is 0 Å². The second-order valence-electron chi connectivity index (χ2n) is 5.62. The molecule has 0 bridgehead atoms. The molecule has 5 heteroatoms. The van der Waals surface area contributed by atoms with Crippen molar-refractivity contribution in [3.8, 4) is 0 Å². The second-order valence-corrected chi connectivity index (χ2v) is 5.62. The Balaban J connectivity index is 0.000000847. The van der Waals surface area contributed by atoms with Crippen LogP contribution >= 0.6 is 0 Å². The Morgan fingerprint density at radius 2 is 2.00 bits per heavy atom. The van der Waals surface area contributed by atoms with Crippen LogP contribution in [0.2, 0.25) is 0 Å². The molecule has 0 amide bonds. The first kappa shape index (κ1) is 16.6. The summed E-state index contributed by atoms with van der Waals surface area (Å²) in [6, 6.07) is 10.6. The van der Waals surface area contributed by atoms with Crippen LogP contribution in [0.5, 0.6) is 0 Å². The van der Waals surface area contributed by atoms with Crippen LogP contribution in [0.15, 0.2) is 30.3 Å². The molecule has 120 valence electrons. The van der Waals surface area contributed by atoms with Gasteiger partial charge in [-0.25, -0.2) is 0 Å². The summed E-state index contributed by atoms with van der Waals surface area (Å²) in [6.07, 6.45) is 1.03. The van der Waals surface area contributed by atoms with Crippen molar-refractivity contribution in [2.24, 2.45) is 5.92 Å². The van der Waals surface area contributed by atoms with E-state index in [4.69, 9.17) is 0 Å². The first-order chi connectivity index (χ1) is 10.8. The summed E-state index contributed by atoms with van der Waals surface area (Å²) in [6.45, 7) is 11.8. The van der Waals surface area contributed by atoms with E-state index in [0.29, 0.717) is 5.92 Å². The zero-order valence-electron chi connectivity index (χ0n) is 14.1. The van der Waals surface area contributed by atoms with E-state index in [1.165, 1.54) is 5.56 Å². The zero-order chi connectivity index (χ0) is 16.0. The molecule has 1 saturated heterocycles. The lowest BCUT2D eigenvalue weighted by atomic mass is 9.66. The number of likely N-dealkylation sites (tertiary alicyclic amines) is 1. The van der Waals surface area contributed by atoms with Crippen LogP contribution in [0.1, 0.15) is 45.5 Å². The average Bonchev–Trinajstić information content (AvgIpc) is 3.12. The third-order valence-electron chi connectivity index (χ3n) is 4.68. The second kappa shape index (κ2) is 7.49. The van der Waals surface area contributed by atoms with Gasteiger partial charge in [0.2, 0.25) is 0 Å². The van der Waals surface area contributed by atoms with E-state index in [1.54, 1.807) is 0 Å². The fourth-order valence-electron chi connectivity index (χ4n) is 3.48. The Morgan fingerprint density at radius 1 is 1.27 bits per heavy atom. The van der Waals surface area contributed by atoms with E-state index in [-0.39, 0.29) is 5.41 Å². The maximum absolute atomic E-state index is 4.32. The number of rotatable bonds is 3. The van der Waals surface area contributed by atoms with Gasteiger partial charge in [0, 0.05) is 6.54 Å². The standard InChI is InChI=1S/C15H21N5.C2H6/c1-3-20-10-9-15(12(2)11-20,14-16-18-19-17-14)13-7-5-4-6-8-13;1-2/h4-8,12H,3,9-11H2,1-2H3,(H,16,17,18,19);1-2H3. The molecular formula is C17H27N5. The van der Waals surface area contributed by atoms with E-state index in [1.807, 2.05) is 13.8 Å². The number of piperidine rings is 1. The quantitative estimate of drug-likeness (QED) is 0.947. The number of hydrogen-bond donors (Lipinski definition) is 1. The fourth-order valence-corrected chi connectivity index (χ4v) is 3.48. The van der Waals surface area contributed by atoms with E-state index in [2.05, 4.69) is 69.7 Å². The molecule has 1 fully saturated rings. The topological polar surface area (TPSA) is 57.7 Å². The number of H-pyrrole nitrogens is 1. The Kier molecular flexibility index (Phi) is 5.66. The molecule has 1 aliphatic rings. The minimum Gasteiger partial charge on any atom is -0.303 e. The summed E-state index contributed by atoms with van der Waals surface area (Å²) in [5, 5.41) is 15.1. The van der Waals surface area contributed by atoms with Gasteiger partial charge in [-0.15, -0.1) is 10.2 Å². The summed E-state index contributed by atoms with van der Waals surface area (Å²) in [7, 11) is 0. The van der Waals surface area contributed by atoms with Crippen molar-refractivity contribution in [3.05, 3.63) is 41.7 Å². The normalized spacial score (nSPS) is 25.4. The van der Waals surface area contributed by atoms with Gasteiger partial charge in [-0.2, -0.15) is 5.21 Å². The lowest BCUT2D eigenvalue weighted by Gasteiger charge is -2.45. The van der Waals surface area contributed by atoms with Crippen LogP contribution in [0.3, 0.4) is 0 Å². The van der Waals surface area contributed by atoms with Gasteiger partial charge < -0.3 is 4.90 Å². The van der Waals surface area contributed by atoms with Crippen LogP contribution in [-0.2, 0) is 5.41 Å². The van der Waals surface area contributed by atoms with Crippen LogP contribution in [-0.4, -0.2) is 45.2 Å². The Morgan fingerprint density at radius 3 is 2.55 bits per heavy atom. The van der Waals surface area contributed by atoms with E-state index in [0.717, 1.165) is 31.9 Å². The van der Waals surface area contributed by atoms with E-state index < -0.39 is 0 Å². The van der Waals surface area contributed by atoms with Gasteiger partial charge in [-0.3, -0.25) is 0 Å². The molecule has 1 aromatic carbocycles. The molecule has 2 heterocycles. The molecule has 0 spiro atoms. The van der Waals surface area contributed by atoms with Gasteiger partial charge in [0.1, 0.15) is 0 Å². The monoisotopic (exact) mass is 301 g/mol. The highest BCUT2D eigenvalue weighted by molar-refractivity contribution is 5.34. The first-order valence-corrected chi connectivity index (χ1v) is 8.29. The lowest BCUT2D eigenvalue weighted by Crippen LogP contribution is -2.50. The van der Waals surface area contributed by atoms with Crippen LogP contribution in [0.4, 0.5) is 0 Å². The van der Waals surface area contributed by atoms with Crippen molar-refractivity contribution in [1.29, 1.82) is 0 Å². The maximum Gasteiger partial charge on any atom is 0.185 e. The van der Waals surface area contributed by atoms with Crippen molar-refractivity contribution < 1.29 is 0 Å². The highest BCUT2D eigenvalue weighted by Gasteiger charge is 2.46. The van der Waals surface area contributed by atoms with Gasteiger partial charge >= 0.3 is 0 Å². The Bertz CT molecular complexity index is 539. The smallest absolute Gasteiger partial charge is 0.185 e. The van der Waals surface area contributed by atoms with E-state index in [9.17, 15) is 0 Å². The summed E-state index contributed by atoms with van der Waals surface area (Å²) in [4.78, 5) is 2.49. The number of nitrogens with zero attached hydrogens (tertiary/aromatic N) is 4. The summed E-state index contributed by atoms with van der Waals surface area (Å²) < 4.78 is 0. The van der Waals surface area contributed by atoms with Gasteiger partial charge in [0.05, 0.1) is 5.41 Å². The molecule has 1 aromatic heterocycles. The molecule has 3 rings (SSSR count). The highest BCUT2D eigenvalue weighted by Crippen LogP contribution is 2.43. The maximum atomic E-state index is 4.32. The minimum absolute atomic E-state index is 0.125. The first-order valence-electron chi connectivity index (χ1n) is 8.29. The fraction of sp³-hybridized carbons (Fsp3) is 0.588. The third kappa shape index (κ3) is 2.90. The van der Waals surface area contributed by atoms with Gasteiger partial charge in [0.15, 0.2) is 5.82 Å². The average molecular weight is 301 g/mol. The van der Waals surface area contributed by atoms with Crippen LogP contribution in [0, 0.1) is 5.92 Å². The molecule has 2 unspecified atom stereocenters. The number of aromatic nitrogens is 4. The van der Waals surface area contributed by atoms with Gasteiger partial charge in [-0.1, -0.05) is 63.2 Å². The lowest BCUT2D eigenvalue weighted by molar-refractivity contribution is 0.123. The minimum atomic E-state index is -0.125. The number of tetrazole rings is 1. The molecule has 0 radical (unpaired) electrons. The summed E-state index contributed by atoms with van der Waals surface area (Å²) in [5.74, 6) is 1.28.